The molecule has 1 unspecified atom stereocenters. The molecule has 0 aliphatic carbocycles. The van der Waals surface area contributed by atoms with Crippen molar-refractivity contribution < 1.29 is 19.1 Å². The van der Waals surface area contributed by atoms with E-state index in [1.54, 1.807) is 39.4 Å². The van der Waals surface area contributed by atoms with Crippen molar-refractivity contribution in [1.29, 1.82) is 0 Å². The number of fused-ring (bicyclic) bond motifs is 1. The van der Waals surface area contributed by atoms with Crippen LogP contribution in [0.25, 0.3) is 17.2 Å². The van der Waals surface area contributed by atoms with E-state index < -0.39 is 23.6 Å². The number of amides is 3. The number of aromatic nitrogens is 5. The summed E-state index contributed by atoms with van der Waals surface area (Å²) < 4.78 is 6.03. The number of carbonyl (C=O) groups is 3. The summed E-state index contributed by atoms with van der Waals surface area (Å²) in [7, 11) is 4.43. The van der Waals surface area contributed by atoms with Gasteiger partial charge in [0, 0.05) is 20.3 Å². The summed E-state index contributed by atoms with van der Waals surface area (Å²) in [6.45, 7) is 5.82. The van der Waals surface area contributed by atoms with Crippen LogP contribution in [0.2, 0.25) is 0 Å². The SMILES string of the molecule is COC(=O)NC(CC/C=C/C(=O)N(C)C)C(=O)Nc1cccn(Cc2nc3c(C=C(C)C)nc(C)nc3[nH]2)c1=O. The maximum Gasteiger partial charge on any atom is 0.407 e. The molecule has 3 heterocycles. The van der Waals surface area contributed by atoms with Gasteiger partial charge in [-0.2, -0.15) is 0 Å². The molecular formula is C27H34N8O5. The van der Waals surface area contributed by atoms with E-state index in [1.807, 2.05) is 19.9 Å². The minimum Gasteiger partial charge on any atom is -0.453 e. The highest BCUT2D eigenvalue weighted by atomic mass is 16.5. The van der Waals surface area contributed by atoms with Gasteiger partial charge in [0.1, 0.15) is 28.9 Å². The molecule has 1 atom stereocenters. The lowest BCUT2D eigenvalue weighted by atomic mass is 10.1. The molecule has 0 fully saturated rings. The van der Waals surface area contributed by atoms with Gasteiger partial charge >= 0.3 is 6.09 Å². The van der Waals surface area contributed by atoms with Gasteiger partial charge < -0.3 is 29.8 Å². The zero-order valence-corrected chi connectivity index (χ0v) is 23.4. The Morgan fingerprint density at radius 3 is 2.62 bits per heavy atom. The molecule has 212 valence electrons. The Hall–Kier alpha value is -4.81. The van der Waals surface area contributed by atoms with Crippen LogP contribution in [0.1, 0.15) is 44.0 Å². The summed E-state index contributed by atoms with van der Waals surface area (Å²) >= 11 is 0. The van der Waals surface area contributed by atoms with Crippen molar-refractivity contribution in [3.8, 4) is 0 Å². The zero-order chi connectivity index (χ0) is 29.4. The number of hydrogen-bond donors (Lipinski definition) is 3. The number of hydrogen-bond acceptors (Lipinski definition) is 8. The van der Waals surface area contributed by atoms with Crippen molar-refractivity contribution in [3.63, 3.8) is 0 Å². The molecule has 0 aliphatic heterocycles. The zero-order valence-electron chi connectivity index (χ0n) is 23.4. The van der Waals surface area contributed by atoms with Crippen molar-refractivity contribution >= 4 is 40.8 Å². The normalized spacial score (nSPS) is 11.8. The first-order chi connectivity index (χ1) is 19.0. The Labute approximate surface area is 231 Å². The number of pyridine rings is 1. The van der Waals surface area contributed by atoms with Gasteiger partial charge in [-0.3, -0.25) is 14.4 Å². The molecule has 0 bridgehead atoms. The number of ether oxygens (including phenoxy) is 1. The minimum absolute atomic E-state index is 0.0273. The largest absolute Gasteiger partial charge is 0.453 e. The molecule has 3 aromatic heterocycles. The Kier molecular flexibility index (Phi) is 9.90. The van der Waals surface area contributed by atoms with E-state index >= 15 is 0 Å². The summed E-state index contributed by atoms with van der Waals surface area (Å²) in [4.78, 5) is 67.8. The third-order valence-electron chi connectivity index (χ3n) is 5.67. The number of nitrogens with zero attached hydrogens (tertiary/aromatic N) is 5. The number of methoxy groups -OCH3 is 1. The maximum atomic E-state index is 13.2. The molecule has 0 saturated heterocycles. The number of anilines is 1. The quantitative estimate of drug-likeness (QED) is 0.324. The number of carbonyl (C=O) groups excluding carboxylic acids is 3. The summed E-state index contributed by atoms with van der Waals surface area (Å²) in [5.41, 5.74) is 2.46. The molecule has 40 heavy (non-hydrogen) atoms. The van der Waals surface area contributed by atoms with E-state index in [4.69, 9.17) is 0 Å². The number of aromatic amines is 1. The fourth-order valence-corrected chi connectivity index (χ4v) is 3.74. The molecule has 3 aromatic rings. The van der Waals surface area contributed by atoms with Gasteiger partial charge in [0.25, 0.3) is 5.56 Å². The van der Waals surface area contributed by atoms with Crippen LogP contribution < -0.4 is 16.2 Å². The molecule has 0 aromatic carbocycles. The number of nitrogens with one attached hydrogen (secondary N) is 3. The standard InChI is InChI=1S/C27H34N8O5/c1-16(2)14-20-23-24(29-17(3)28-20)33-21(32-23)15-35-13-9-11-19(26(35)38)30-25(37)18(31-27(39)40-6)10-7-8-12-22(36)34(4)5/h8-9,11-14,18H,7,10,15H2,1-6H3,(H,30,37)(H,31,39)(H,28,29,32,33)/b12-8+. The van der Waals surface area contributed by atoms with Gasteiger partial charge in [-0.1, -0.05) is 11.6 Å². The lowest BCUT2D eigenvalue weighted by molar-refractivity contribution is -0.123. The van der Waals surface area contributed by atoms with Gasteiger partial charge in [-0.05, 0) is 57.9 Å². The van der Waals surface area contributed by atoms with Gasteiger partial charge in [-0.15, -0.1) is 0 Å². The number of allylic oxidation sites excluding steroid dienone is 2. The van der Waals surface area contributed by atoms with Crippen LogP contribution in [0.4, 0.5) is 10.5 Å². The second kappa shape index (κ2) is 13.3. The smallest absolute Gasteiger partial charge is 0.407 e. The van der Waals surface area contributed by atoms with E-state index in [0.717, 1.165) is 5.57 Å². The molecule has 3 amide bonds. The van der Waals surface area contributed by atoms with Crippen molar-refractivity contribution in [2.24, 2.45) is 0 Å². The second-order valence-electron chi connectivity index (χ2n) is 9.50. The van der Waals surface area contributed by atoms with Crippen LogP contribution in [-0.2, 0) is 20.9 Å². The Morgan fingerprint density at radius 1 is 1.20 bits per heavy atom. The number of rotatable bonds is 10. The second-order valence-corrected chi connectivity index (χ2v) is 9.50. The van der Waals surface area contributed by atoms with Crippen LogP contribution in [0, 0.1) is 6.92 Å². The molecule has 0 radical (unpaired) electrons. The molecular weight excluding hydrogens is 516 g/mol. The van der Waals surface area contributed by atoms with Crippen LogP contribution in [0.5, 0.6) is 0 Å². The summed E-state index contributed by atoms with van der Waals surface area (Å²) in [6, 6.07) is 2.09. The number of aryl methyl sites for hydroxylation is 1. The first-order valence-electron chi connectivity index (χ1n) is 12.6. The highest BCUT2D eigenvalue weighted by Crippen LogP contribution is 2.17. The Balaban J connectivity index is 1.79. The predicted octanol–water partition coefficient (Wildman–Crippen LogP) is 2.38. The summed E-state index contributed by atoms with van der Waals surface area (Å²) in [5.74, 6) is 0.278. The molecule has 13 nitrogen and oxygen atoms in total. The Bertz CT molecular complexity index is 1510. The van der Waals surface area contributed by atoms with Gasteiger partial charge in [0.15, 0.2) is 5.65 Å². The monoisotopic (exact) mass is 550 g/mol. The summed E-state index contributed by atoms with van der Waals surface area (Å²) in [5, 5.41) is 5.06. The fourth-order valence-electron chi connectivity index (χ4n) is 3.74. The average molecular weight is 551 g/mol. The van der Waals surface area contributed by atoms with E-state index in [2.05, 4.69) is 35.3 Å². The third kappa shape index (κ3) is 7.85. The molecule has 0 aliphatic rings. The maximum absolute atomic E-state index is 13.2. The predicted molar refractivity (Wildman–Crippen MR) is 151 cm³/mol. The van der Waals surface area contributed by atoms with Gasteiger partial charge in [0.2, 0.25) is 11.8 Å². The first kappa shape index (κ1) is 29.7. The van der Waals surface area contributed by atoms with Gasteiger partial charge in [0.05, 0.1) is 19.3 Å². The first-order valence-corrected chi connectivity index (χ1v) is 12.6. The molecule has 3 rings (SSSR count). The topological polar surface area (TPSA) is 164 Å². The minimum atomic E-state index is -1.01. The van der Waals surface area contributed by atoms with Crippen molar-refractivity contribution in [2.45, 2.75) is 46.2 Å². The van der Waals surface area contributed by atoms with E-state index in [9.17, 15) is 19.2 Å². The van der Waals surface area contributed by atoms with Gasteiger partial charge in [-0.25, -0.2) is 19.7 Å². The number of alkyl carbamates (subject to hydrolysis) is 1. The van der Waals surface area contributed by atoms with Crippen molar-refractivity contribution in [1.82, 2.24) is 34.7 Å². The van der Waals surface area contributed by atoms with Crippen molar-refractivity contribution in [3.05, 3.63) is 63.8 Å². The van der Waals surface area contributed by atoms with Crippen LogP contribution >= 0.6 is 0 Å². The van der Waals surface area contributed by atoms with E-state index in [-0.39, 0.29) is 24.6 Å². The lowest BCUT2D eigenvalue weighted by Gasteiger charge is -2.17. The number of imidazole rings is 1. The molecule has 0 saturated carbocycles. The third-order valence-corrected chi connectivity index (χ3v) is 5.67. The molecule has 0 spiro atoms. The summed E-state index contributed by atoms with van der Waals surface area (Å²) in [6.07, 6.45) is 6.19. The van der Waals surface area contributed by atoms with Crippen LogP contribution in [0.3, 0.4) is 0 Å². The van der Waals surface area contributed by atoms with Crippen LogP contribution in [-0.4, -0.2) is 74.6 Å². The van der Waals surface area contributed by atoms with E-state index in [0.29, 0.717) is 34.9 Å². The highest BCUT2D eigenvalue weighted by Gasteiger charge is 2.22. The Morgan fingerprint density at radius 2 is 1.95 bits per heavy atom. The highest BCUT2D eigenvalue weighted by molar-refractivity contribution is 5.96. The lowest BCUT2D eigenvalue weighted by Crippen LogP contribution is -2.44. The average Bonchev–Trinajstić information content (AvgIpc) is 3.29. The number of H-pyrrole nitrogens is 1. The number of likely N-dealkylation sites (N-methyl/N-ethyl adjacent to an activating group) is 1. The molecule has 3 N–H and O–H groups in total. The molecule has 13 heteroatoms. The van der Waals surface area contributed by atoms with Crippen molar-refractivity contribution in [2.75, 3.05) is 26.5 Å². The van der Waals surface area contributed by atoms with E-state index in [1.165, 1.54) is 28.7 Å². The van der Waals surface area contributed by atoms with Crippen LogP contribution in [0.15, 0.2) is 40.8 Å². The fraction of sp³-hybridized carbons (Fsp3) is 0.370.